The fraction of sp³-hybridized carbons (Fsp3) is 0.611. The lowest BCUT2D eigenvalue weighted by Crippen LogP contribution is -2.51. The summed E-state index contributed by atoms with van der Waals surface area (Å²) >= 11 is 0. The van der Waals surface area contributed by atoms with E-state index in [1.807, 2.05) is 4.90 Å². The molecule has 1 saturated heterocycles. The van der Waals surface area contributed by atoms with E-state index in [9.17, 15) is 14.3 Å². The number of rotatable bonds is 4. The number of nitrogens with zero attached hydrogens (tertiary/aromatic N) is 1. The molecule has 3 atom stereocenters. The molecule has 5 nitrogen and oxygen atoms in total. The molecule has 0 aromatic heterocycles. The maximum absolute atomic E-state index is 13.7. The standard InChI is InChI=1S/C18H25FN2O3/c19-14-5-3-4-13(12-14)17(21-8-10-24-11-9-21)18(23)20-15-6-1-2-7-16(15)22/h3-5,12,15-17,22H,1-2,6-11H2,(H,20,23). The molecular formula is C18H25FN2O3. The fourth-order valence-corrected chi connectivity index (χ4v) is 3.58. The molecule has 2 aliphatic rings. The maximum atomic E-state index is 13.7. The minimum Gasteiger partial charge on any atom is -0.391 e. The highest BCUT2D eigenvalue weighted by Gasteiger charge is 2.32. The predicted octanol–water partition coefficient (Wildman–Crippen LogP) is 1.62. The summed E-state index contributed by atoms with van der Waals surface area (Å²) in [5.41, 5.74) is 0.639. The first kappa shape index (κ1) is 17.3. The molecule has 132 valence electrons. The normalized spacial score (nSPS) is 26.8. The van der Waals surface area contributed by atoms with E-state index in [1.54, 1.807) is 12.1 Å². The zero-order valence-corrected chi connectivity index (χ0v) is 13.8. The van der Waals surface area contributed by atoms with E-state index in [0.717, 1.165) is 19.3 Å². The molecule has 1 aromatic carbocycles. The Labute approximate surface area is 141 Å². The van der Waals surface area contributed by atoms with Crippen molar-refractivity contribution in [3.8, 4) is 0 Å². The first-order chi connectivity index (χ1) is 11.6. The molecule has 1 aromatic rings. The van der Waals surface area contributed by atoms with Crippen LogP contribution in [0.15, 0.2) is 24.3 Å². The minimum atomic E-state index is -0.557. The lowest BCUT2D eigenvalue weighted by Gasteiger charge is -2.36. The van der Waals surface area contributed by atoms with Gasteiger partial charge in [0.05, 0.1) is 25.4 Å². The summed E-state index contributed by atoms with van der Waals surface area (Å²) in [6.07, 6.45) is 2.99. The van der Waals surface area contributed by atoms with Gasteiger partial charge in [-0.25, -0.2) is 4.39 Å². The number of hydrogen-bond donors (Lipinski definition) is 2. The maximum Gasteiger partial charge on any atom is 0.242 e. The van der Waals surface area contributed by atoms with Crippen LogP contribution in [0.25, 0.3) is 0 Å². The number of ether oxygens (including phenoxy) is 1. The van der Waals surface area contributed by atoms with Gasteiger partial charge < -0.3 is 15.2 Å². The van der Waals surface area contributed by atoms with E-state index >= 15 is 0 Å². The van der Waals surface area contributed by atoms with E-state index in [2.05, 4.69) is 5.32 Å². The van der Waals surface area contributed by atoms with Gasteiger partial charge in [-0.05, 0) is 30.5 Å². The van der Waals surface area contributed by atoms with Crippen LogP contribution < -0.4 is 5.32 Å². The van der Waals surface area contributed by atoms with Gasteiger partial charge in [0.2, 0.25) is 5.91 Å². The fourth-order valence-electron chi connectivity index (χ4n) is 3.58. The smallest absolute Gasteiger partial charge is 0.242 e. The Bertz CT molecular complexity index is 563. The second kappa shape index (κ2) is 8.05. The highest BCUT2D eigenvalue weighted by Crippen LogP contribution is 2.25. The molecule has 0 bridgehead atoms. The second-order valence-electron chi connectivity index (χ2n) is 6.57. The van der Waals surface area contributed by atoms with Crippen molar-refractivity contribution in [3.05, 3.63) is 35.6 Å². The molecule has 3 rings (SSSR count). The SMILES string of the molecule is O=C(NC1CCCCC1O)C(c1cccc(F)c1)N1CCOCC1. The third-order valence-electron chi connectivity index (χ3n) is 4.88. The van der Waals surface area contributed by atoms with Crippen LogP contribution in [0.5, 0.6) is 0 Å². The van der Waals surface area contributed by atoms with Gasteiger partial charge >= 0.3 is 0 Å². The van der Waals surface area contributed by atoms with Crippen molar-refractivity contribution in [1.29, 1.82) is 0 Å². The molecule has 1 aliphatic heterocycles. The Hall–Kier alpha value is -1.50. The number of carbonyl (C=O) groups excluding carboxylic acids is 1. The molecule has 3 unspecified atom stereocenters. The number of benzene rings is 1. The van der Waals surface area contributed by atoms with Crippen LogP contribution in [0.1, 0.15) is 37.3 Å². The van der Waals surface area contributed by atoms with Crippen molar-refractivity contribution in [2.24, 2.45) is 0 Å². The Balaban J connectivity index is 1.79. The molecule has 6 heteroatoms. The van der Waals surface area contributed by atoms with Crippen molar-refractivity contribution >= 4 is 5.91 Å². The van der Waals surface area contributed by atoms with Gasteiger partial charge in [-0.15, -0.1) is 0 Å². The molecular weight excluding hydrogens is 311 g/mol. The topological polar surface area (TPSA) is 61.8 Å². The van der Waals surface area contributed by atoms with Gasteiger partial charge in [-0.1, -0.05) is 25.0 Å². The van der Waals surface area contributed by atoms with Crippen molar-refractivity contribution in [3.63, 3.8) is 0 Å². The van der Waals surface area contributed by atoms with Crippen LogP contribution in [-0.2, 0) is 9.53 Å². The monoisotopic (exact) mass is 336 g/mol. The van der Waals surface area contributed by atoms with Gasteiger partial charge in [-0.3, -0.25) is 9.69 Å². The van der Waals surface area contributed by atoms with Gasteiger partial charge in [0.25, 0.3) is 0 Å². The molecule has 1 amide bonds. The average Bonchev–Trinajstić information content (AvgIpc) is 2.58. The summed E-state index contributed by atoms with van der Waals surface area (Å²) < 4.78 is 19.0. The molecule has 0 spiro atoms. The number of halogens is 1. The van der Waals surface area contributed by atoms with E-state index in [1.165, 1.54) is 12.1 Å². The highest BCUT2D eigenvalue weighted by atomic mass is 19.1. The number of aliphatic hydroxyl groups excluding tert-OH is 1. The van der Waals surface area contributed by atoms with E-state index in [-0.39, 0.29) is 17.8 Å². The van der Waals surface area contributed by atoms with Crippen LogP contribution >= 0.6 is 0 Å². The molecule has 24 heavy (non-hydrogen) atoms. The summed E-state index contributed by atoms with van der Waals surface area (Å²) in [5, 5.41) is 13.1. The Morgan fingerprint density at radius 3 is 2.75 bits per heavy atom. The summed E-state index contributed by atoms with van der Waals surface area (Å²) in [4.78, 5) is 15.0. The first-order valence-corrected chi connectivity index (χ1v) is 8.71. The van der Waals surface area contributed by atoms with E-state index < -0.39 is 12.1 Å². The third kappa shape index (κ3) is 4.12. The van der Waals surface area contributed by atoms with E-state index in [0.29, 0.717) is 38.3 Å². The second-order valence-corrected chi connectivity index (χ2v) is 6.57. The molecule has 0 radical (unpaired) electrons. The highest BCUT2D eigenvalue weighted by molar-refractivity contribution is 5.83. The Morgan fingerprint density at radius 1 is 1.29 bits per heavy atom. The van der Waals surface area contributed by atoms with Crippen LogP contribution in [-0.4, -0.2) is 54.4 Å². The minimum absolute atomic E-state index is 0.173. The number of aliphatic hydroxyl groups is 1. The van der Waals surface area contributed by atoms with Crippen molar-refractivity contribution in [2.75, 3.05) is 26.3 Å². The number of amides is 1. The number of hydrogen-bond acceptors (Lipinski definition) is 4. The molecule has 1 aliphatic carbocycles. The predicted molar refractivity (Wildman–Crippen MR) is 87.9 cm³/mol. The van der Waals surface area contributed by atoms with Crippen LogP contribution in [0.4, 0.5) is 4.39 Å². The largest absolute Gasteiger partial charge is 0.391 e. The number of carbonyl (C=O) groups is 1. The van der Waals surface area contributed by atoms with Crippen molar-refractivity contribution in [2.45, 2.75) is 43.9 Å². The lowest BCUT2D eigenvalue weighted by molar-refractivity contribution is -0.130. The lowest BCUT2D eigenvalue weighted by atomic mass is 9.92. The Kier molecular flexibility index (Phi) is 5.81. The summed E-state index contributed by atoms with van der Waals surface area (Å²) in [7, 11) is 0. The number of nitrogens with one attached hydrogen (secondary N) is 1. The van der Waals surface area contributed by atoms with Gasteiger partial charge in [0.15, 0.2) is 0 Å². The third-order valence-corrected chi connectivity index (χ3v) is 4.88. The van der Waals surface area contributed by atoms with Crippen molar-refractivity contribution in [1.82, 2.24) is 10.2 Å². The Morgan fingerprint density at radius 2 is 2.04 bits per heavy atom. The first-order valence-electron chi connectivity index (χ1n) is 8.71. The molecule has 2 N–H and O–H groups in total. The van der Waals surface area contributed by atoms with Gasteiger partial charge in [0, 0.05) is 13.1 Å². The van der Waals surface area contributed by atoms with Gasteiger partial charge in [-0.2, -0.15) is 0 Å². The average molecular weight is 336 g/mol. The zero-order chi connectivity index (χ0) is 16.9. The van der Waals surface area contributed by atoms with Crippen LogP contribution in [0.3, 0.4) is 0 Å². The van der Waals surface area contributed by atoms with Crippen LogP contribution in [0.2, 0.25) is 0 Å². The molecule has 2 fully saturated rings. The quantitative estimate of drug-likeness (QED) is 0.877. The summed E-state index contributed by atoms with van der Waals surface area (Å²) in [5.74, 6) is -0.523. The van der Waals surface area contributed by atoms with Gasteiger partial charge in [0.1, 0.15) is 11.9 Å². The molecule has 1 heterocycles. The van der Waals surface area contributed by atoms with Crippen LogP contribution in [0, 0.1) is 5.82 Å². The molecule has 1 saturated carbocycles. The summed E-state index contributed by atoms with van der Waals surface area (Å²) in [6.45, 7) is 2.37. The zero-order valence-electron chi connectivity index (χ0n) is 13.8. The van der Waals surface area contributed by atoms with Crippen molar-refractivity contribution < 1.29 is 19.0 Å². The van der Waals surface area contributed by atoms with E-state index in [4.69, 9.17) is 4.74 Å². The summed E-state index contributed by atoms with van der Waals surface area (Å²) in [6, 6.07) is 5.42. The number of morpholine rings is 1.